The fourth-order valence-electron chi connectivity index (χ4n) is 1.94. The monoisotopic (exact) mass is 199 g/mol. The van der Waals surface area contributed by atoms with Crippen molar-refractivity contribution in [2.75, 3.05) is 6.54 Å². The van der Waals surface area contributed by atoms with E-state index in [1.54, 1.807) is 4.90 Å². The zero-order valence-corrected chi connectivity index (χ0v) is 8.52. The summed E-state index contributed by atoms with van der Waals surface area (Å²) in [4.78, 5) is 13.4. The van der Waals surface area contributed by atoms with Crippen LogP contribution in [0, 0.1) is 12.3 Å². The van der Waals surface area contributed by atoms with Crippen LogP contribution in [0.1, 0.15) is 24.4 Å². The van der Waals surface area contributed by atoms with Gasteiger partial charge in [0, 0.05) is 13.0 Å². The summed E-state index contributed by atoms with van der Waals surface area (Å²) in [5.41, 5.74) is 1.02. The molecule has 2 nitrogen and oxygen atoms in total. The first-order chi connectivity index (χ1) is 7.33. The summed E-state index contributed by atoms with van der Waals surface area (Å²) >= 11 is 0. The molecule has 1 heterocycles. The predicted octanol–water partition coefficient (Wildman–Crippen LogP) is 1.98. The van der Waals surface area contributed by atoms with E-state index in [-0.39, 0.29) is 11.9 Å². The highest BCUT2D eigenvalue weighted by Crippen LogP contribution is 2.24. The largest absolute Gasteiger partial charge is 0.325 e. The molecule has 1 fully saturated rings. The summed E-state index contributed by atoms with van der Waals surface area (Å²) in [5.74, 6) is 2.86. The third kappa shape index (κ3) is 1.87. The summed E-state index contributed by atoms with van der Waals surface area (Å²) in [6, 6.07) is 9.58. The average molecular weight is 199 g/mol. The van der Waals surface area contributed by atoms with Crippen LogP contribution in [0.15, 0.2) is 30.3 Å². The van der Waals surface area contributed by atoms with Crippen LogP contribution in [0.5, 0.6) is 0 Å². The van der Waals surface area contributed by atoms with Crippen LogP contribution in [-0.4, -0.2) is 17.4 Å². The van der Waals surface area contributed by atoms with Gasteiger partial charge < -0.3 is 4.90 Å². The third-order valence-corrected chi connectivity index (χ3v) is 2.69. The van der Waals surface area contributed by atoms with E-state index in [9.17, 15) is 4.79 Å². The molecule has 2 heteroatoms. The number of benzene rings is 1. The number of hydrogen-bond donors (Lipinski definition) is 0. The van der Waals surface area contributed by atoms with E-state index in [4.69, 9.17) is 6.42 Å². The van der Waals surface area contributed by atoms with E-state index in [1.165, 1.54) is 0 Å². The van der Waals surface area contributed by atoms with E-state index in [2.05, 4.69) is 5.92 Å². The minimum absolute atomic E-state index is 0.168. The first-order valence-electron chi connectivity index (χ1n) is 5.13. The van der Waals surface area contributed by atoms with Crippen molar-refractivity contribution in [3.05, 3.63) is 35.9 Å². The highest BCUT2D eigenvalue weighted by molar-refractivity contribution is 5.79. The van der Waals surface area contributed by atoms with Gasteiger partial charge in [-0.1, -0.05) is 36.3 Å². The van der Waals surface area contributed by atoms with E-state index in [0.717, 1.165) is 18.5 Å². The molecular weight excluding hydrogens is 186 g/mol. The predicted molar refractivity (Wildman–Crippen MR) is 59.0 cm³/mol. The molecular formula is C13H13NO. The van der Waals surface area contributed by atoms with Crippen molar-refractivity contribution in [2.45, 2.75) is 18.9 Å². The molecule has 1 aromatic rings. The number of carbonyl (C=O) groups is 1. The Morgan fingerprint density at radius 2 is 2.07 bits per heavy atom. The first kappa shape index (κ1) is 9.79. The van der Waals surface area contributed by atoms with Gasteiger partial charge in [0.2, 0.25) is 5.91 Å². The van der Waals surface area contributed by atoms with Crippen molar-refractivity contribution in [1.82, 2.24) is 4.90 Å². The van der Waals surface area contributed by atoms with E-state index >= 15 is 0 Å². The highest BCUT2D eigenvalue weighted by Gasteiger charge is 2.27. The van der Waals surface area contributed by atoms with Crippen LogP contribution >= 0.6 is 0 Å². The Bertz CT molecular complexity index is 391. The number of hydrogen-bond acceptors (Lipinski definition) is 1. The zero-order valence-electron chi connectivity index (χ0n) is 8.52. The van der Waals surface area contributed by atoms with Gasteiger partial charge in [-0.05, 0) is 12.0 Å². The van der Waals surface area contributed by atoms with Gasteiger partial charge in [-0.2, -0.15) is 0 Å². The van der Waals surface area contributed by atoms with E-state index in [0.29, 0.717) is 6.42 Å². The molecule has 1 aromatic carbocycles. The van der Waals surface area contributed by atoms with Gasteiger partial charge in [-0.15, -0.1) is 6.42 Å². The minimum atomic E-state index is -0.193. The van der Waals surface area contributed by atoms with Gasteiger partial charge in [0.05, 0.1) is 0 Å². The lowest BCUT2D eigenvalue weighted by Gasteiger charge is -2.23. The smallest absolute Gasteiger partial charge is 0.223 e. The van der Waals surface area contributed by atoms with Crippen molar-refractivity contribution < 1.29 is 4.79 Å². The van der Waals surface area contributed by atoms with Crippen molar-refractivity contribution in [2.24, 2.45) is 0 Å². The Labute approximate surface area is 89.9 Å². The summed E-state index contributed by atoms with van der Waals surface area (Å²) < 4.78 is 0. The lowest BCUT2D eigenvalue weighted by atomic mass is 10.1. The Morgan fingerprint density at radius 1 is 1.33 bits per heavy atom. The second-order valence-corrected chi connectivity index (χ2v) is 3.67. The molecule has 1 saturated heterocycles. The quantitative estimate of drug-likeness (QED) is 0.667. The molecule has 2 rings (SSSR count). The molecule has 1 aliphatic heterocycles. The Morgan fingerprint density at radius 3 is 2.60 bits per heavy atom. The van der Waals surface area contributed by atoms with Gasteiger partial charge in [0.1, 0.15) is 6.04 Å². The Hall–Kier alpha value is -1.75. The SMILES string of the molecule is C#C[C@@H](c1ccccc1)N1CCCC1=O. The fraction of sp³-hybridized carbons (Fsp3) is 0.308. The molecule has 0 unspecified atom stereocenters. The second-order valence-electron chi connectivity index (χ2n) is 3.67. The van der Waals surface area contributed by atoms with Crippen molar-refractivity contribution in [1.29, 1.82) is 0 Å². The fourth-order valence-corrected chi connectivity index (χ4v) is 1.94. The number of carbonyl (C=O) groups excluding carboxylic acids is 1. The molecule has 1 atom stereocenters. The van der Waals surface area contributed by atoms with Gasteiger partial charge in [0.15, 0.2) is 0 Å². The van der Waals surface area contributed by atoms with Crippen molar-refractivity contribution in [3.63, 3.8) is 0 Å². The highest BCUT2D eigenvalue weighted by atomic mass is 16.2. The van der Waals surface area contributed by atoms with E-state index < -0.39 is 0 Å². The lowest BCUT2D eigenvalue weighted by Crippen LogP contribution is -2.28. The van der Waals surface area contributed by atoms with Gasteiger partial charge in [-0.25, -0.2) is 0 Å². The summed E-state index contributed by atoms with van der Waals surface area (Å²) in [7, 11) is 0. The zero-order chi connectivity index (χ0) is 10.7. The average Bonchev–Trinajstić information content (AvgIpc) is 2.68. The van der Waals surface area contributed by atoms with Crippen LogP contribution in [-0.2, 0) is 4.79 Å². The number of terminal acetylenes is 1. The number of nitrogens with zero attached hydrogens (tertiary/aromatic N) is 1. The molecule has 0 bridgehead atoms. The first-order valence-corrected chi connectivity index (χ1v) is 5.13. The molecule has 76 valence electrons. The minimum Gasteiger partial charge on any atom is -0.325 e. The maximum atomic E-state index is 11.6. The Kier molecular flexibility index (Phi) is 2.73. The molecule has 15 heavy (non-hydrogen) atoms. The summed E-state index contributed by atoms with van der Waals surface area (Å²) in [5, 5.41) is 0. The topological polar surface area (TPSA) is 20.3 Å². The molecule has 0 aliphatic carbocycles. The van der Waals surface area contributed by atoms with Crippen LogP contribution in [0.3, 0.4) is 0 Å². The molecule has 0 radical (unpaired) electrons. The molecule has 0 aromatic heterocycles. The molecule has 1 amide bonds. The summed E-state index contributed by atoms with van der Waals surface area (Å²) in [6.45, 7) is 0.780. The molecule has 0 saturated carbocycles. The van der Waals surface area contributed by atoms with Crippen molar-refractivity contribution in [3.8, 4) is 12.3 Å². The lowest BCUT2D eigenvalue weighted by molar-refractivity contribution is -0.128. The molecule has 0 N–H and O–H groups in total. The number of likely N-dealkylation sites (tertiary alicyclic amines) is 1. The molecule has 0 spiro atoms. The standard InChI is InChI=1S/C13H13NO/c1-2-12(11-7-4-3-5-8-11)14-10-6-9-13(14)15/h1,3-5,7-8,12H,6,9-10H2/t12-/m0/s1. The van der Waals surface area contributed by atoms with Crippen molar-refractivity contribution >= 4 is 5.91 Å². The number of amides is 1. The van der Waals surface area contributed by atoms with Gasteiger partial charge in [-0.3, -0.25) is 4.79 Å². The van der Waals surface area contributed by atoms with Gasteiger partial charge in [0.25, 0.3) is 0 Å². The van der Waals surface area contributed by atoms with E-state index in [1.807, 2.05) is 30.3 Å². The van der Waals surface area contributed by atoms with Crippen LogP contribution < -0.4 is 0 Å². The normalized spacial score (nSPS) is 17.5. The van der Waals surface area contributed by atoms with Crippen LogP contribution in [0.2, 0.25) is 0 Å². The summed E-state index contributed by atoms with van der Waals surface area (Å²) in [6.07, 6.45) is 7.05. The van der Waals surface area contributed by atoms with Crippen LogP contribution in [0.4, 0.5) is 0 Å². The van der Waals surface area contributed by atoms with Crippen LogP contribution in [0.25, 0.3) is 0 Å². The maximum Gasteiger partial charge on any atom is 0.223 e. The maximum absolute atomic E-state index is 11.6. The second kappa shape index (κ2) is 4.18. The molecule has 1 aliphatic rings. The third-order valence-electron chi connectivity index (χ3n) is 2.69. The van der Waals surface area contributed by atoms with Gasteiger partial charge >= 0.3 is 0 Å². The Balaban J connectivity index is 2.26. The number of rotatable bonds is 2.